The van der Waals surface area contributed by atoms with Gasteiger partial charge in [0.25, 0.3) is 0 Å². The monoisotopic (exact) mass is 302 g/mol. The number of hydrogen-bond donors (Lipinski definition) is 1. The van der Waals surface area contributed by atoms with Gasteiger partial charge in [0.05, 0.1) is 5.56 Å². The number of anilines is 1. The number of rotatable bonds is 4. The van der Waals surface area contributed by atoms with Crippen molar-refractivity contribution in [3.63, 3.8) is 0 Å². The summed E-state index contributed by atoms with van der Waals surface area (Å²) in [5.41, 5.74) is -0.621. The molecule has 21 heavy (non-hydrogen) atoms. The van der Waals surface area contributed by atoms with Gasteiger partial charge in [-0.1, -0.05) is 0 Å². The molecule has 0 radical (unpaired) electrons. The van der Waals surface area contributed by atoms with Crippen molar-refractivity contribution in [3.05, 3.63) is 23.4 Å². The average Bonchev–Trinajstić information content (AvgIpc) is 2.42. The van der Waals surface area contributed by atoms with Gasteiger partial charge in [0.2, 0.25) is 6.41 Å². The Balaban J connectivity index is 2.19. The van der Waals surface area contributed by atoms with Crippen LogP contribution in [0.15, 0.2) is 12.3 Å². The van der Waals surface area contributed by atoms with Crippen LogP contribution < -0.4 is 5.32 Å². The van der Waals surface area contributed by atoms with Crippen LogP contribution in [-0.2, 0) is 17.5 Å². The Morgan fingerprint density at radius 3 is 2.57 bits per heavy atom. The van der Waals surface area contributed by atoms with Crippen LogP contribution in [0.25, 0.3) is 0 Å². The number of amides is 1. The number of likely N-dealkylation sites (N-methyl/N-ethyl adjacent to an activating group) is 1. The molecule has 2 rings (SSSR count). The van der Waals surface area contributed by atoms with Gasteiger partial charge in [-0.2, -0.15) is 13.2 Å². The molecule has 8 heteroatoms. The molecule has 5 nitrogen and oxygen atoms in total. The van der Waals surface area contributed by atoms with E-state index in [1.54, 1.807) is 0 Å². The minimum atomic E-state index is -4.47. The highest BCUT2D eigenvalue weighted by molar-refractivity contribution is 5.69. The summed E-state index contributed by atoms with van der Waals surface area (Å²) in [6.07, 6.45) is -2.97. The molecule has 0 saturated carbocycles. The third-order valence-corrected chi connectivity index (χ3v) is 3.49. The molecule has 0 atom stereocenters. The zero-order valence-corrected chi connectivity index (χ0v) is 11.7. The van der Waals surface area contributed by atoms with Gasteiger partial charge in [-0.05, 0) is 18.7 Å². The van der Waals surface area contributed by atoms with Gasteiger partial charge in [0.1, 0.15) is 5.82 Å². The van der Waals surface area contributed by atoms with Crippen molar-refractivity contribution in [2.24, 2.45) is 0 Å². The molecule has 116 valence electrons. The fourth-order valence-corrected chi connectivity index (χ4v) is 2.26. The van der Waals surface area contributed by atoms with Crippen molar-refractivity contribution in [2.75, 3.05) is 38.5 Å². The molecule has 1 aliphatic rings. The second-order valence-electron chi connectivity index (χ2n) is 5.07. The molecular weight excluding hydrogens is 285 g/mol. The van der Waals surface area contributed by atoms with E-state index in [9.17, 15) is 18.0 Å². The van der Waals surface area contributed by atoms with Gasteiger partial charge in [-0.15, -0.1) is 0 Å². The third kappa shape index (κ3) is 4.15. The Labute approximate surface area is 120 Å². The molecule has 0 bridgehead atoms. The largest absolute Gasteiger partial charge is 0.416 e. The van der Waals surface area contributed by atoms with Gasteiger partial charge in [0.15, 0.2) is 0 Å². The number of aromatic nitrogens is 1. The highest BCUT2D eigenvalue weighted by Gasteiger charge is 2.34. The zero-order chi connectivity index (χ0) is 15.5. The summed E-state index contributed by atoms with van der Waals surface area (Å²) in [5, 5.41) is 2.14. The van der Waals surface area contributed by atoms with Crippen molar-refractivity contribution in [3.8, 4) is 0 Å². The van der Waals surface area contributed by atoms with E-state index in [0.29, 0.717) is 6.41 Å². The van der Waals surface area contributed by atoms with Crippen LogP contribution in [0.1, 0.15) is 11.1 Å². The first-order chi connectivity index (χ1) is 9.90. The Morgan fingerprint density at radius 1 is 1.33 bits per heavy atom. The first kappa shape index (κ1) is 15.7. The lowest BCUT2D eigenvalue weighted by molar-refractivity contribution is -0.138. The molecule has 1 aromatic rings. The number of halogens is 3. The predicted octanol–water partition coefficient (Wildman–Crippen LogP) is 1.42. The molecular formula is C13H17F3N4O. The van der Waals surface area contributed by atoms with E-state index in [2.05, 4.69) is 15.2 Å². The lowest BCUT2D eigenvalue weighted by Gasteiger charge is -2.32. The number of nitrogens with one attached hydrogen (secondary N) is 1. The Morgan fingerprint density at radius 2 is 2.00 bits per heavy atom. The summed E-state index contributed by atoms with van der Waals surface area (Å²) >= 11 is 0. The van der Waals surface area contributed by atoms with Crippen LogP contribution in [0, 0.1) is 0 Å². The lowest BCUT2D eigenvalue weighted by Crippen LogP contribution is -2.44. The van der Waals surface area contributed by atoms with E-state index < -0.39 is 11.7 Å². The van der Waals surface area contributed by atoms with Crippen molar-refractivity contribution in [2.45, 2.75) is 12.7 Å². The molecule has 1 fully saturated rings. The van der Waals surface area contributed by atoms with Crippen LogP contribution >= 0.6 is 0 Å². The number of pyridine rings is 1. The number of nitrogens with zero attached hydrogens (tertiary/aromatic N) is 3. The molecule has 1 aromatic heterocycles. The molecule has 1 amide bonds. The third-order valence-electron chi connectivity index (χ3n) is 3.49. The topological polar surface area (TPSA) is 48.5 Å². The highest BCUT2D eigenvalue weighted by Crippen LogP contribution is 2.33. The first-order valence-electron chi connectivity index (χ1n) is 6.57. The highest BCUT2D eigenvalue weighted by atomic mass is 19.4. The molecule has 0 unspecified atom stereocenters. The van der Waals surface area contributed by atoms with Gasteiger partial charge in [-0.3, -0.25) is 9.69 Å². The van der Waals surface area contributed by atoms with E-state index in [0.717, 1.165) is 32.2 Å². The van der Waals surface area contributed by atoms with E-state index in [1.165, 1.54) is 6.20 Å². The summed E-state index contributed by atoms with van der Waals surface area (Å²) in [7, 11) is 1.99. The second-order valence-corrected chi connectivity index (χ2v) is 5.07. The predicted molar refractivity (Wildman–Crippen MR) is 71.7 cm³/mol. The van der Waals surface area contributed by atoms with E-state index in [4.69, 9.17) is 0 Å². The Bertz CT molecular complexity index is 499. The van der Waals surface area contributed by atoms with Gasteiger partial charge in [0, 0.05) is 38.9 Å². The van der Waals surface area contributed by atoms with Gasteiger partial charge >= 0.3 is 6.18 Å². The number of piperazine rings is 1. The van der Waals surface area contributed by atoms with Crippen molar-refractivity contribution >= 4 is 12.2 Å². The van der Waals surface area contributed by atoms with Crippen LogP contribution in [0.3, 0.4) is 0 Å². The maximum Gasteiger partial charge on any atom is 0.416 e. The fourth-order valence-electron chi connectivity index (χ4n) is 2.26. The zero-order valence-electron chi connectivity index (χ0n) is 11.7. The van der Waals surface area contributed by atoms with Crippen molar-refractivity contribution < 1.29 is 18.0 Å². The van der Waals surface area contributed by atoms with Crippen LogP contribution in [0.4, 0.5) is 19.0 Å². The fraction of sp³-hybridized carbons (Fsp3) is 0.538. The maximum atomic E-state index is 13.1. The Hall–Kier alpha value is -1.67. The number of alkyl halides is 3. The number of hydrogen-bond acceptors (Lipinski definition) is 4. The van der Waals surface area contributed by atoms with Crippen LogP contribution in [0.5, 0.6) is 0 Å². The van der Waals surface area contributed by atoms with Gasteiger partial charge in [-0.25, -0.2) is 4.98 Å². The minimum Gasteiger partial charge on any atom is -0.313 e. The molecule has 0 aromatic carbocycles. The molecule has 0 aliphatic carbocycles. The SMILES string of the molecule is CN1CCN(Cc2cnc(NC=O)cc2C(F)(F)F)CC1. The summed E-state index contributed by atoms with van der Waals surface area (Å²) in [5.74, 6) is -0.0977. The summed E-state index contributed by atoms with van der Waals surface area (Å²) < 4.78 is 39.3. The summed E-state index contributed by atoms with van der Waals surface area (Å²) in [6, 6.07) is 0.875. The smallest absolute Gasteiger partial charge is 0.313 e. The van der Waals surface area contributed by atoms with E-state index in [1.807, 2.05) is 11.9 Å². The molecule has 1 saturated heterocycles. The van der Waals surface area contributed by atoms with E-state index >= 15 is 0 Å². The van der Waals surface area contributed by atoms with E-state index in [-0.39, 0.29) is 17.9 Å². The molecule has 1 aliphatic heterocycles. The molecule has 0 spiro atoms. The average molecular weight is 302 g/mol. The first-order valence-corrected chi connectivity index (χ1v) is 6.57. The van der Waals surface area contributed by atoms with Gasteiger partial charge < -0.3 is 10.2 Å². The standard InChI is InChI=1S/C13H17F3N4O/c1-19-2-4-20(5-3-19)8-10-7-17-12(18-9-21)6-11(10)13(14,15)16/h6-7,9H,2-5,8H2,1H3,(H,17,18,21). The molecule has 1 N–H and O–H groups in total. The number of carbonyl (C=O) groups is 1. The summed E-state index contributed by atoms with van der Waals surface area (Å²) in [6.45, 7) is 3.32. The van der Waals surface area contributed by atoms with Crippen molar-refractivity contribution in [1.29, 1.82) is 0 Å². The molecule has 2 heterocycles. The quantitative estimate of drug-likeness (QED) is 0.855. The van der Waals surface area contributed by atoms with Crippen LogP contribution in [0.2, 0.25) is 0 Å². The van der Waals surface area contributed by atoms with Crippen LogP contribution in [-0.4, -0.2) is 54.4 Å². The lowest BCUT2D eigenvalue weighted by atomic mass is 10.1. The number of carbonyl (C=O) groups excluding carboxylic acids is 1. The normalized spacial score (nSPS) is 17.7. The second kappa shape index (κ2) is 6.40. The summed E-state index contributed by atoms with van der Waals surface area (Å²) in [4.78, 5) is 18.3. The minimum absolute atomic E-state index is 0.0977. The van der Waals surface area contributed by atoms with Crippen molar-refractivity contribution in [1.82, 2.24) is 14.8 Å². The maximum absolute atomic E-state index is 13.1. The Kier molecular flexibility index (Phi) is 4.79.